The predicted octanol–water partition coefficient (Wildman–Crippen LogP) is 5.16. The van der Waals surface area contributed by atoms with Crippen LogP contribution >= 0.6 is 12.2 Å². The molecule has 1 heterocycles. The molecule has 4 heteroatoms. The van der Waals surface area contributed by atoms with Crippen LogP contribution in [0.1, 0.15) is 52.8 Å². The lowest BCUT2D eigenvalue weighted by atomic mass is 10.2. The number of aliphatic hydroxyl groups excluding tert-OH is 1. The highest BCUT2D eigenvalue weighted by molar-refractivity contribution is 7.71. The van der Waals surface area contributed by atoms with Crippen LogP contribution < -0.4 is 0 Å². The highest BCUT2D eigenvalue weighted by atomic mass is 32.1. The number of benzene rings is 1. The molecule has 0 bridgehead atoms. The molecule has 0 aliphatic heterocycles. The molecule has 0 amide bonds. The lowest BCUT2D eigenvalue weighted by Crippen LogP contribution is -2.04. The fourth-order valence-corrected chi connectivity index (χ4v) is 1.74. The van der Waals surface area contributed by atoms with Gasteiger partial charge in [-0.1, -0.05) is 71.9 Å². The van der Waals surface area contributed by atoms with Crippen molar-refractivity contribution in [3.05, 3.63) is 52.6 Å². The normalized spacial score (nSPS) is 8.33. The first-order valence-corrected chi connectivity index (χ1v) is 8.14. The van der Waals surface area contributed by atoms with E-state index in [1.54, 1.807) is 6.20 Å². The van der Waals surface area contributed by atoms with E-state index in [0.29, 0.717) is 11.3 Å². The standard InChI is InChI=1S/C11H12N2OS.3C2H6/c14-8-10-6-12-11(15)13(10)7-9-4-2-1-3-5-9;3*1-2/h1-6,14H,7-8H2,(H,12,15);3*1-2H3. The number of aliphatic hydroxyl groups is 1. The minimum absolute atomic E-state index is 0.0000262. The number of hydrogen-bond acceptors (Lipinski definition) is 2. The van der Waals surface area contributed by atoms with Crippen molar-refractivity contribution in [2.75, 3.05) is 0 Å². The van der Waals surface area contributed by atoms with Crippen molar-refractivity contribution >= 4 is 12.2 Å². The summed E-state index contributed by atoms with van der Waals surface area (Å²) >= 11 is 5.13. The molecule has 0 unspecified atom stereocenters. The van der Waals surface area contributed by atoms with Gasteiger partial charge >= 0.3 is 0 Å². The highest BCUT2D eigenvalue weighted by Crippen LogP contribution is 2.07. The van der Waals surface area contributed by atoms with Crippen LogP contribution in [0.25, 0.3) is 0 Å². The summed E-state index contributed by atoms with van der Waals surface area (Å²) in [5.41, 5.74) is 1.98. The third-order valence-corrected chi connectivity index (χ3v) is 2.64. The molecule has 0 atom stereocenters. The summed E-state index contributed by atoms with van der Waals surface area (Å²) in [6, 6.07) is 10.0. The average molecular weight is 311 g/mol. The third kappa shape index (κ3) is 7.83. The van der Waals surface area contributed by atoms with E-state index >= 15 is 0 Å². The summed E-state index contributed by atoms with van der Waals surface area (Å²) in [7, 11) is 0. The fraction of sp³-hybridized carbons (Fsp3) is 0.471. The van der Waals surface area contributed by atoms with Gasteiger partial charge in [-0.2, -0.15) is 0 Å². The van der Waals surface area contributed by atoms with Gasteiger partial charge in [-0.25, -0.2) is 0 Å². The summed E-state index contributed by atoms with van der Waals surface area (Å²) < 4.78 is 2.54. The van der Waals surface area contributed by atoms with Gasteiger partial charge in [0.05, 0.1) is 18.8 Å². The number of hydrogen-bond donors (Lipinski definition) is 2. The monoisotopic (exact) mass is 310 g/mol. The Bertz CT molecular complexity index is 489. The Kier molecular flexibility index (Phi) is 15.7. The van der Waals surface area contributed by atoms with Crippen molar-refractivity contribution < 1.29 is 5.11 Å². The molecule has 0 saturated carbocycles. The van der Waals surface area contributed by atoms with Gasteiger partial charge < -0.3 is 14.7 Å². The molecular weight excluding hydrogens is 280 g/mol. The topological polar surface area (TPSA) is 40.9 Å². The molecule has 2 N–H and O–H groups in total. The molecule has 1 aromatic heterocycles. The fourth-order valence-electron chi connectivity index (χ4n) is 1.50. The van der Waals surface area contributed by atoms with Gasteiger partial charge in [0.15, 0.2) is 4.77 Å². The molecule has 0 radical (unpaired) electrons. The molecule has 120 valence electrons. The van der Waals surface area contributed by atoms with E-state index < -0.39 is 0 Å². The van der Waals surface area contributed by atoms with Crippen molar-refractivity contribution in [3.63, 3.8) is 0 Å². The van der Waals surface area contributed by atoms with Crippen molar-refractivity contribution in [2.45, 2.75) is 54.7 Å². The Morgan fingerprint density at radius 2 is 1.52 bits per heavy atom. The maximum absolute atomic E-state index is 9.12. The van der Waals surface area contributed by atoms with Gasteiger partial charge in [0, 0.05) is 6.20 Å². The second kappa shape index (κ2) is 15.0. The van der Waals surface area contributed by atoms with Crippen LogP contribution in [-0.4, -0.2) is 14.7 Å². The number of aromatic amines is 1. The second-order valence-electron chi connectivity index (χ2n) is 3.32. The molecule has 0 saturated heterocycles. The van der Waals surface area contributed by atoms with Crippen LogP contribution in [0.3, 0.4) is 0 Å². The zero-order valence-corrected chi connectivity index (χ0v) is 15.0. The molecule has 0 aliphatic carbocycles. The molecule has 3 nitrogen and oxygen atoms in total. The van der Waals surface area contributed by atoms with Gasteiger partial charge in [0.1, 0.15) is 0 Å². The van der Waals surface area contributed by atoms with Gasteiger partial charge in [0.25, 0.3) is 0 Å². The maximum atomic E-state index is 9.12. The van der Waals surface area contributed by atoms with Crippen LogP contribution in [0.4, 0.5) is 0 Å². The van der Waals surface area contributed by atoms with E-state index in [-0.39, 0.29) is 6.61 Å². The minimum atomic E-state index is -0.0000262. The van der Waals surface area contributed by atoms with E-state index in [4.69, 9.17) is 17.3 Å². The molecule has 0 spiro atoms. The molecule has 1 aromatic carbocycles. The molecule has 21 heavy (non-hydrogen) atoms. The zero-order valence-electron chi connectivity index (χ0n) is 14.2. The van der Waals surface area contributed by atoms with Crippen molar-refractivity contribution in [3.8, 4) is 0 Å². The van der Waals surface area contributed by atoms with Crippen LogP contribution in [0.2, 0.25) is 0 Å². The number of aromatic nitrogens is 2. The first kappa shape index (κ1) is 21.9. The molecule has 0 fully saturated rings. The van der Waals surface area contributed by atoms with Crippen LogP contribution in [-0.2, 0) is 13.2 Å². The number of H-pyrrole nitrogens is 1. The summed E-state index contributed by atoms with van der Waals surface area (Å²) in [6.45, 7) is 12.7. The second-order valence-corrected chi connectivity index (χ2v) is 3.70. The Morgan fingerprint density at radius 1 is 1.00 bits per heavy atom. The third-order valence-electron chi connectivity index (χ3n) is 2.30. The van der Waals surface area contributed by atoms with Crippen LogP contribution in [0.15, 0.2) is 36.5 Å². The average Bonchev–Trinajstić information content (AvgIpc) is 2.94. The summed E-state index contributed by atoms with van der Waals surface area (Å²) in [5.74, 6) is 0. The minimum Gasteiger partial charge on any atom is -0.390 e. The summed E-state index contributed by atoms with van der Waals surface area (Å²) in [5, 5.41) is 9.12. The van der Waals surface area contributed by atoms with Crippen molar-refractivity contribution in [1.29, 1.82) is 0 Å². The van der Waals surface area contributed by atoms with E-state index in [1.807, 2.05) is 76.4 Å². The maximum Gasteiger partial charge on any atom is 0.177 e. The Labute approximate surface area is 134 Å². The van der Waals surface area contributed by atoms with E-state index in [1.165, 1.54) is 5.56 Å². The molecular formula is C17H30N2OS. The Hall–Kier alpha value is -1.39. The Morgan fingerprint density at radius 3 is 2.00 bits per heavy atom. The smallest absolute Gasteiger partial charge is 0.177 e. The zero-order chi connectivity index (χ0) is 16.7. The van der Waals surface area contributed by atoms with Gasteiger partial charge in [-0.05, 0) is 17.8 Å². The SMILES string of the molecule is CC.CC.CC.OCc1c[nH]c(=S)n1Cc1ccccc1. The molecule has 2 rings (SSSR count). The first-order valence-electron chi connectivity index (χ1n) is 7.73. The van der Waals surface area contributed by atoms with Crippen molar-refractivity contribution in [1.82, 2.24) is 9.55 Å². The number of nitrogens with zero attached hydrogens (tertiary/aromatic N) is 1. The van der Waals surface area contributed by atoms with E-state index in [0.717, 1.165) is 5.69 Å². The highest BCUT2D eigenvalue weighted by Gasteiger charge is 2.02. The van der Waals surface area contributed by atoms with Crippen LogP contribution in [0.5, 0.6) is 0 Å². The number of rotatable bonds is 3. The summed E-state index contributed by atoms with van der Waals surface area (Å²) in [6.07, 6.45) is 1.74. The lowest BCUT2D eigenvalue weighted by Gasteiger charge is -2.06. The Balaban J connectivity index is 0. The quantitative estimate of drug-likeness (QED) is 0.768. The summed E-state index contributed by atoms with van der Waals surface area (Å²) in [4.78, 5) is 2.93. The molecule has 0 aliphatic rings. The lowest BCUT2D eigenvalue weighted by molar-refractivity contribution is 0.271. The first-order chi connectivity index (χ1) is 10.3. The molecule has 2 aromatic rings. The van der Waals surface area contributed by atoms with E-state index in [2.05, 4.69) is 4.98 Å². The van der Waals surface area contributed by atoms with E-state index in [9.17, 15) is 0 Å². The number of nitrogens with one attached hydrogen (secondary N) is 1. The van der Waals surface area contributed by atoms with Crippen LogP contribution in [0, 0.1) is 4.77 Å². The van der Waals surface area contributed by atoms with Gasteiger partial charge in [0.2, 0.25) is 0 Å². The van der Waals surface area contributed by atoms with Crippen molar-refractivity contribution in [2.24, 2.45) is 0 Å². The van der Waals surface area contributed by atoms with Gasteiger partial charge in [-0.3, -0.25) is 0 Å². The number of imidazole rings is 1. The van der Waals surface area contributed by atoms with Gasteiger partial charge in [-0.15, -0.1) is 0 Å². The predicted molar refractivity (Wildman–Crippen MR) is 95.1 cm³/mol. The largest absolute Gasteiger partial charge is 0.390 e.